The van der Waals surface area contributed by atoms with Crippen LogP contribution in [0.3, 0.4) is 0 Å². The molecule has 0 bridgehead atoms. The van der Waals surface area contributed by atoms with Crippen molar-refractivity contribution in [3.63, 3.8) is 0 Å². The second kappa shape index (κ2) is 8.60. The van der Waals surface area contributed by atoms with E-state index >= 15 is 0 Å². The predicted molar refractivity (Wildman–Crippen MR) is 121 cm³/mol. The van der Waals surface area contributed by atoms with Crippen LogP contribution in [0.1, 0.15) is 12.3 Å². The zero-order chi connectivity index (χ0) is 21.0. The molecule has 5 rings (SSSR count). The molecule has 1 aliphatic heterocycles. The normalized spacial score (nSPS) is 14.2. The molecule has 0 aliphatic carbocycles. The number of aromatic nitrogens is 2. The van der Waals surface area contributed by atoms with Crippen molar-refractivity contribution in [2.75, 3.05) is 31.1 Å². The molecule has 0 spiro atoms. The van der Waals surface area contributed by atoms with E-state index in [9.17, 15) is 4.79 Å². The molecule has 31 heavy (non-hydrogen) atoms. The summed E-state index contributed by atoms with van der Waals surface area (Å²) in [5, 5.41) is 6.38. The summed E-state index contributed by atoms with van der Waals surface area (Å²) < 4.78 is 5.44. The molecule has 1 fully saturated rings. The Balaban J connectivity index is 1.19. The molecule has 6 nitrogen and oxygen atoms in total. The number of benzene rings is 3. The maximum absolute atomic E-state index is 12.7. The van der Waals surface area contributed by atoms with Crippen molar-refractivity contribution in [3.05, 3.63) is 78.7 Å². The van der Waals surface area contributed by atoms with E-state index < -0.39 is 0 Å². The van der Waals surface area contributed by atoms with Crippen molar-refractivity contribution in [1.29, 1.82) is 0 Å². The average molecular weight is 412 g/mol. The van der Waals surface area contributed by atoms with Crippen molar-refractivity contribution in [2.45, 2.75) is 12.8 Å². The van der Waals surface area contributed by atoms with Gasteiger partial charge in [-0.25, -0.2) is 0 Å². The first kappa shape index (κ1) is 19.3. The van der Waals surface area contributed by atoms with E-state index in [0.717, 1.165) is 42.5 Å². The van der Waals surface area contributed by atoms with Gasteiger partial charge in [0.1, 0.15) is 0 Å². The van der Waals surface area contributed by atoms with Gasteiger partial charge < -0.3 is 14.3 Å². The molecule has 0 saturated carbocycles. The number of anilines is 1. The Morgan fingerprint density at radius 2 is 1.61 bits per heavy atom. The van der Waals surface area contributed by atoms with Gasteiger partial charge in [0.25, 0.3) is 0 Å². The third kappa shape index (κ3) is 4.14. The largest absolute Gasteiger partial charge is 0.368 e. The fourth-order valence-electron chi connectivity index (χ4n) is 4.11. The summed E-state index contributed by atoms with van der Waals surface area (Å²) in [5.74, 6) is 1.20. The lowest BCUT2D eigenvalue weighted by atomic mass is 10.0. The zero-order valence-corrected chi connectivity index (χ0v) is 17.3. The summed E-state index contributed by atoms with van der Waals surface area (Å²) in [4.78, 5) is 21.5. The van der Waals surface area contributed by atoms with Crippen LogP contribution in [-0.4, -0.2) is 47.1 Å². The van der Waals surface area contributed by atoms with Gasteiger partial charge in [-0.3, -0.25) is 4.79 Å². The minimum Gasteiger partial charge on any atom is -0.368 e. The highest BCUT2D eigenvalue weighted by atomic mass is 16.5. The molecule has 6 heteroatoms. The van der Waals surface area contributed by atoms with E-state index in [1.807, 2.05) is 47.4 Å². The highest BCUT2D eigenvalue weighted by Gasteiger charge is 2.22. The van der Waals surface area contributed by atoms with Crippen molar-refractivity contribution in [3.8, 4) is 11.4 Å². The summed E-state index contributed by atoms with van der Waals surface area (Å²) >= 11 is 0. The van der Waals surface area contributed by atoms with Crippen molar-refractivity contribution >= 4 is 22.4 Å². The number of carbonyl (C=O) groups excluding carboxylic acids is 1. The molecule has 3 aromatic carbocycles. The van der Waals surface area contributed by atoms with Crippen LogP contribution in [0.2, 0.25) is 0 Å². The number of hydrogen-bond donors (Lipinski definition) is 0. The molecule has 0 unspecified atom stereocenters. The van der Waals surface area contributed by atoms with Gasteiger partial charge in [-0.05, 0) is 22.9 Å². The summed E-state index contributed by atoms with van der Waals surface area (Å²) in [6, 6.07) is 24.5. The van der Waals surface area contributed by atoms with Crippen molar-refractivity contribution < 1.29 is 9.32 Å². The zero-order valence-electron chi connectivity index (χ0n) is 17.3. The fourth-order valence-corrected chi connectivity index (χ4v) is 4.11. The number of nitrogens with zero attached hydrogens (tertiary/aromatic N) is 4. The van der Waals surface area contributed by atoms with Gasteiger partial charge in [0.15, 0.2) is 0 Å². The average Bonchev–Trinajstić information content (AvgIpc) is 3.32. The Kier molecular flexibility index (Phi) is 5.35. The van der Waals surface area contributed by atoms with Gasteiger partial charge in [0, 0.05) is 50.3 Å². The Morgan fingerprint density at radius 1 is 0.871 bits per heavy atom. The number of fused-ring (bicyclic) bond motifs is 1. The maximum atomic E-state index is 12.7. The molecule has 0 radical (unpaired) electrons. The molecular formula is C25H24N4O2. The Bertz CT molecular complexity index is 1180. The minimum atomic E-state index is 0.137. The second-order valence-electron chi connectivity index (χ2n) is 7.74. The molecule has 0 N–H and O–H groups in total. The first-order valence-corrected chi connectivity index (χ1v) is 10.7. The van der Waals surface area contributed by atoms with Crippen LogP contribution < -0.4 is 4.90 Å². The van der Waals surface area contributed by atoms with Gasteiger partial charge in [-0.1, -0.05) is 65.8 Å². The third-order valence-corrected chi connectivity index (χ3v) is 5.81. The minimum absolute atomic E-state index is 0.137. The van der Waals surface area contributed by atoms with E-state index in [-0.39, 0.29) is 5.91 Å². The Labute approximate surface area is 181 Å². The van der Waals surface area contributed by atoms with Gasteiger partial charge >= 0.3 is 0 Å². The SMILES string of the molecule is O=C(CCc1nc(-c2cccc3ccccc23)no1)N1CCN(c2ccccc2)CC1. The standard InChI is InChI=1S/C25H24N4O2/c30-24(29-17-15-28(16-18-29)20-9-2-1-3-10-20)14-13-23-26-25(27-31-23)22-12-6-8-19-7-4-5-11-21(19)22/h1-12H,13-18H2. The summed E-state index contributed by atoms with van der Waals surface area (Å²) in [7, 11) is 0. The first-order chi connectivity index (χ1) is 15.3. The highest BCUT2D eigenvalue weighted by Crippen LogP contribution is 2.26. The number of carbonyl (C=O) groups is 1. The summed E-state index contributed by atoms with van der Waals surface area (Å²) in [6.07, 6.45) is 0.831. The van der Waals surface area contributed by atoms with Crippen LogP contribution in [0.5, 0.6) is 0 Å². The van der Waals surface area contributed by atoms with Crippen molar-refractivity contribution in [1.82, 2.24) is 15.0 Å². The first-order valence-electron chi connectivity index (χ1n) is 10.7. The smallest absolute Gasteiger partial charge is 0.227 e. The monoisotopic (exact) mass is 412 g/mol. The Hall–Kier alpha value is -3.67. The van der Waals surface area contributed by atoms with Gasteiger partial charge in [0.05, 0.1) is 0 Å². The third-order valence-electron chi connectivity index (χ3n) is 5.81. The van der Waals surface area contributed by atoms with E-state index in [0.29, 0.717) is 24.6 Å². The molecule has 1 amide bonds. The summed E-state index contributed by atoms with van der Waals surface area (Å²) in [6.45, 7) is 3.17. The number of aryl methyl sites for hydroxylation is 1. The number of para-hydroxylation sites is 1. The van der Waals surface area contributed by atoms with Gasteiger partial charge in [0.2, 0.25) is 17.6 Å². The van der Waals surface area contributed by atoms with Crippen LogP contribution in [0.15, 0.2) is 77.3 Å². The summed E-state index contributed by atoms with van der Waals surface area (Å²) in [5.41, 5.74) is 2.15. The highest BCUT2D eigenvalue weighted by molar-refractivity contribution is 5.94. The topological polar surface area (TPSA) is 62.5 Å². The van der Waals surface area contributed by atoms with Crippen LogP contribution >= 0.6 is 0 Å². The predicted octanol–water partition coefficient (Wildman–Crippen LogP) is 4.17. The second-order valence-corrected chi connectivity index (χ2v) is 7.74. The van der Waals surface area contributed by atoms with E-state index in [4.69, 9.17) is 4.52 Å². The Morgan fingerprint density at radius 3 is 2.45 bits per heavy atom. The molecule has 4 aromatic rings. The molecule has 1 aromatic heterocycles. The van der Waals surface area contributed by atoms with Gasteiger partial charge in [-0.2, -0.15) is 4.98 Å². The van der Waals surface area contributed by atoms with Crippen LogP contribution in [-0.2, 0) is 11.2 Å². The molecule has 1 aliphatic rings. The lowest BCUT2D eigenvalue weighted by molar-refractivity contribution is -0.131. The quantitative estimate of drug-likeness (QED) is 0.492. The van der Waals surface area contributed by atoms with E-state index in [2.05, 4.69) is 45.4 Å². The van der Waals surface area contributed by atoms with Gasteiger partial charge in [-0.15, -0.1) is 0 Å². The molecule has 0 atom stereocenters. The van der Waals surface area contributed by atoms with E-state index in [1.54, 1.807) is 0 Å². The molecular weight excluding hydrogens is 388 g/mol. The lowest BCUT2D eigenvalue weighted by Gasteiger charge is -2.36. The molecule has 2 heterocycles. The van der Waals surface area contributed by atoms with E-state index in [1.165, 1.54) is 5.69 Å². The number of hydrogen-bond acceptors (Lipinski definition) is 5. The lowest BCUT2D eigenvalue weighted by Crippen LogP contribution is -2.48. The van der Waals surface area contributed by atoms with Crippen LogP contribution in [0.25, 0.3) is 22.2 Å². The molecule has 156 valence electrons. The number of rotatable bonds is 5. The fraction of sp³-hybridized carbons (Fsp3) is 0.240. The number of piperazine rings is 1. The van der Waals surface area contributed by atoms with Crippen molar-refractivity contribution in [2.24, 2.45) is 0 Å². The molecule has 1 saturated heterocycles. The number of amides is 1. The van der Waals surface area contributed by atoms with Crippen LogP contribution in [0.4, 0.5) is 5.69 Å². The maximum Gasteiger partial charge on any atom is 0.227 e. The van der Waals surface area contributed by atoms with Crippen LogP contribution in [0, 0.1) is 0 Å².